The Bertz CT molecular complexity index is 1110. The van der Waals surface area contributed by atoms with Crippen molar-refractivity contribution in [3.05, 3.63) is 0 Å². The first-order valence-corrected chi connectivity index (χ1v) is 37.4. The Morgan fingerprint density at radius 1 is 0.278 bits per heavy atom. The van der Waals surface area contributed by atoms with E-state index < -0.39 is 18.0 Å². The molecule has 4 atom stereocenters. The lowest BCUT2D eigenvalue weighted by Crippen LogP contribution is -2.28. The van der Waals surface area contributed by atoms with Crippen molar-refractivity contribution in [1.29, 1.82) is 0 Å². The van der Waals surface area contributed by atoms with Crippen molar-refractivity contribution < 1.29 is 19.7 Å². The van der Waals surface area contributed by atoms with Crippen LogP contribution >= 0.6 is 0 Å². The normalized spacial score (nSPS) is 13.4. The maximum Gasteiger partial charge on any atom is 0.309 e. The van der Waals surface area contributed by atoms with Crippen LogP contribution in [0.15, 0.2) is 0 Å². The van der Waals surface area contributed by atoms with E-state index in [0.29, 0.717) is 24.9 Å². The van der Waals surface area contributed by atoms with E-state index in [1.54, 1.807) is 0 Å². The number of unbranched alkanes of at least 4 members (excludes halogenated alkanes) is 59. The van der Waals surface area contributed by atoms with Crippen LogP contribution in [0.5, 0.6) is 0 Å². The minimum absolute atomic E-state index is 0.469. The summed E-state index contributed by atoms with van der Waals surface area (Å²) >= 11 is 0. The highest BCUT2D eigenvalue weighted by Gasteiger charge is 2.25. The molecule has 2 N–H and O–H groups in total. The topological polar surface area (TPSA) is 66.8 Å². The minimum Gasteiger partial charge on any atom is -0.481 e. The Hall–Kier alpha value is -0.610. The Morgan fingerprint density at radius 2 is 0.456 bits per heavy atom. The first-order chi connectivity index (χ1) is 39.0. The molecule has 0 rings (SSSR count). The van der Waals surface area contributed by atoms with Crippen LogP contribution in [-0.4, -0.2) is 35.5 Å². The summed E-state index contributed by atoms with van der Waals surface area (Å²) < 4.78 is 5.96. The van der Waals surface area contributed by atoms with Crippen molar-refractivity contribution in [2.75, 3.05) is 7.11 Å². The van der Waals surface area contributed by atoms with Crippen LogP contribution < -0.4 is 0 Å². The highest BCUT2D eigenvalue weighted by atomic mass is 16.5. The number of hydrogen-bond acceptors (Lipinski definition) is 3. The lowest BCUT2D eigenvalue weighted by Gasteiger charge is -2.22. The van der Waals surface area contributed by atoms with Gasteiger partial charge in [0.15, 0.2) is 0 Å². The Kier molecular flexibility index (Phi) is 67.6. The average molecular weight is 1120 g/mol. The molecule has 4 nitrogen and oxygen atoms in total. The molecule has 79 heavy (non-hydrogen) atoms. The molecule has 0 aliphatic carbocycles. The molecule has 0 fully saturated rings. The standard InChI is InChI=1S/C75H150O4/c1-5-7-9-11-13-15-17-19-21-22-37-40-44-48-52-56-60-64-68-72(75(77)78)73(76)69-65-61-57-53-49-45-41-38-35-33-31-29-27-25-23-24-26-28-30-32-34-36-39-42-46-50-54-58-62-66-70-74(79-4)71(3)67-63-59-55-51-47-43-20-18-16-14-12-10-8-6-2/h71-74,76H,5-70H2,1-4H3,(H,77,78). The summed E-state index contributed by atoms with van der Waals surface area (Å²) in [4.78, 5) is 11.9. The summed E-state index contributed by atoms with van der Waals surface area (Å²) in [5.41, 5.74) is 0. The SMILES string of the molecule is CCCCCCCCCCCCCCCCCCCCC(C(=O)O)C(O)CCCCCCCCCCCCCCCCCCCCCCCCCCCCCCCCC(OC)C(C)CCCCCCCCCCCCCCCC. The molecule has 0 spiro atoms. The largest absolute Gasteiger partial charge is 0.481 e. The van der Waals surface area contributed by atoms with E-state index in [9.17, 15) is 15.0 Å². The van der Waals surface area contributed by atoms with Crippen LogP contribution in [0.3, 0.4) is 0 Å². The molecule has 0 bridgehead atoms. The highest BCUT2D eigenvalue weighted by Crippen LogP contribution is 2.25. The predicted octanol–water partition coefficient (Wildman–Crippen LogP) is 26.5. The molecular formula is C75H150O4. The van der Waals surface area contributed by atoms with Crippen molar-refractivity contribution in [1.82, 2.24) is 0 Å². The zero-order valence-corrected chi connectivity index (χ0v) is 55.2. The van der Waals surface area contributed by atoms with Gasteiger partial charge in [-0.2, -0.15) is 0 Å². The van der Waals surface area contributed by atoms with Crippen molar-refractivity contribution in [2.45, 2.75) is 457 Å². The quantitative estimate of drug-likeness (QED) is 0.0596. The molecule has 4 heteroatoms. The van der Waals surface area contributed by atoms with Crippen LogP contribution in [0.1, 0.15) is 445 Å². The van der Waals surface area contributed by atoms with Crippen LogP contribution in [0.2, 0.25) is 0 Å². The van der Waals surface area contributed by atoms with Gasteiger partial charge in [0.1, 0.15) is 0 Å². The molecule has 0 radical (unpaired) electrons. The molecule has 0 aliphatic heterocycles. The highest BCUT2D eigenvalue weighted by molar-refractivity contribution is 5.70. The van der Waals surface area contributed by atoms with Crippen LogP contribution in [-0.2, 0) is 9.53 Å². The van der Waals surface area contributed by atoms with Crippen LogP contribution in [0.4, 0.5) is 0 Å². The molecule has 0 saturated carbocycles. The number of aliphatic hydroxyl groups excluding tert-OH is 1. The van der Waals surface area contributed by atoms with Gasteiger partial charge in [0.2, 0.25) is 0 Å². The Labute approximate surface area is 499 Å². The third-order valence-electron chi connectivity index (χ3n) is 18.8. The molecule has 0 aromatic heterocycles. The number of carbonyl (C=O) groups is 1. The zero-order valence-electron chi connectivity index (χ0n) is 55.2. The Morgan fingerprint density at radius 3 is 0.658 bits per heavy atom. The lowest BCUT2D eigenvalue weighted by molar-refractivity contribution is -0.146. The van der Waals surface area contributed by atoms with Gasteiger partial charge >= 0.3 is 5.97 Å². The van der Waals surface area contributed by atoms with Crippen molar-refractivity contribution >= 4 is 5.97 Å². The van der Waals surface area contributed by atoms with Gasteiger partial charge in [-0.05, 0) is 31.6 Å². The lowest BCUT2D eigenvalue weighted by atomic mass is 9.91. The van der Waals surface area contributed by atoms with E-state index in [2.05, 4.69) is 20.8 Å². The monoisotopic (exact) mass is 1120 g/mol. The molecule has 0 saturated heterocycles. The smallest absolute Gasteiger partial charge is 0.309 e. The van der Waals surface area contributed by atoms with Gasteiger partial charge in [0.25, 0.3) is 0 Å². The molecule has 0 aliphatic rings. The minimum atomic E-state index is -0.801. The number of rotatable bonds is 71. The van der Waals surface area contributed by atoms with Gasteiger partial charge < -0.3 is 14.9 Å². The van der Waals surface area contributed by atoms with Gasteiger partial charge in [-0.3, -0.25) is 4.79 Å². The summed E-state index contributed by atoms with van der Waals surface area (Å²) in [5.74, 6) is -0.673. The predicted molar refractivity (Wildman–Crippen MR) is 353 cm³/mol. The molecular weight excluding hydrogens is 965 g/mol. The third kappa shape index (κ3) is 61.8. The molecule has 0 aromatic carbocycles. The third-order valence-corrected chi connectivity index (χ3v) is 18.8. The fourth-order valence-electron chi connectivity index (χ4n) is 13.1. The fourth-order valence-corrected chi connectivity index (χ4v) is 13.1. The molecule has 0 amide bonds. The van der Waals surface area contributed by atoms with Gasteiger partial charge in [-0.15, -0.1) is 0 Å². The number of carboxylic acids is 1. The summed E-state index contributed by atoms with van der Waals surface area (Å²) in [6, 6.07) is 0. The number of aliphatic hydroxyl groups is 1. The van der Waals surface area contributed by atoms with Crippen LogP contribution in [0.25, 0.3) is 0 Å². The number of ether oxygens (including phenoxy) is 1. The number of aliphatic carboxylic acids is 1. The second kappa shape index (κ2) is 68.2. The van der Waals surface area contributed by atoms with Gasteiger partial charge in [0.05, 0.1) is 18.1 Å². The first-order valence-electron chi connectivity index (χ1n) is 37.4. The van der Waals surface area contributed by atoms with Gasteiger partial charge in [-0.1, -0.05) is 419 Å². The molecule has 474 valence electrons. The second-order valence-corrected chi connectivity index (χ2v) is 26.6. The number of hydrogen-bond donors (Lipinski definition) is 2. The Balaban J connectivity index is 3.39. The van der Waals surface area contributed by atoms with Crippen molar-refractivity contribution in [3.63, 3.8) is 0 Å². The van der Waals surface area contributed by atoms with E-state index >= 15 is 0 Å². The van der Waals surface area contributed by atoms with Crippen molar-refractivity contribution in [2.24, 2.45) is 11.8 Å². The molecule has 0 heterocycles. The van der Waals surface area contributed by atoms with Crippen LogP contribution in [0, 0.1) is 11.8 Å². The average Bonchev–Trinajstić information content (AvgIpc) is 3.44. The number of methoxy groups -OCH3 is 1. The maximum atomic E-state index is 11.9. The van der Waals surface area contributed by atoms with E-state index in [4.69, 9.17) is 4.74 Å². The van der Waals surface area contributed by atoms with Gasteiger partial charge in [0, 0.05) is 7.11 Å². The van der Waals surface area contributed by atoms with E-state index in [1.165, 1.54) is 385 Å². The number of carboxylic acid groups (broad SMARTS) is 1. The van der Waals surface area contributed by atoms with Crippen molar-refractivity contribution in [3.8, 4) is 0 Å². The first kappa shape index (κ1) is 78.4. The fraction of sp³-hybridized carbons (Fsp3) is 0.987. The maximum absolute atomic E-state index is 11.9. The van der Waals surface area contributed by atoms with E-state index in [0.717, 1.165) is 25.7 Å². The molecule has 0 aromatic rings. The van der Waals surface area contributed by atoms with E-state index in [1.807, 2.05) is 7.11 Å². The summed E-state index contributed by atoms with van der Waals surface area (Å²) in [6.07, 6.45) is 89.8. The second-order valence-electron chi connectivity index (χ2n) is 26.6. The summed E-state index contributed by atoms with van der Waals surface area (Å²) in [7, 11) is 1.95. The molecule has 4 unspecified atom stereocenters. The van der Waals surface area contributed by atoms with Gasteiger partial charge in [-0.25, -0.2) is 0 Å². The summed E-state index contributed by atoms with van der Waals surface area (Å²) in [6.45, 7) is 7.04. The summed E-state index contributed by atoms with van der Waals surface area (Å²) in [5, 5.41) is 20.5. The van der Waals surface area contributed by atoms with E-state index in [-0.39, 0.29) is 0 Å². The zero-order chi connectivity index (χ0) is 57.3.